The second-order valence-corrected chi connectivity index (χ2v) is 16.3. The highest BCUT2D eigenvalue weighted by Crippen LogP contribution is 2.31. The van der Waals surface area contributed by atoms with Gasteiger partial charge in [-0.2, -0.15) is 5.10 Å². The van der Waals surface area contributed by atoms with Crippen molar-refractivity contribution in [2.24, 2.45) is 0 Å². The van der Waals surface area contributed by atoms with E-state index in [9.17, 15) is 4.79 Å². The molecule has 38 heavy (non-hydrogen) atoms. The zero-order valence-electron chi connectivity index (χ0n) is 22.4. The van der Waals surface area contributed by atoms with Gasteiger partial charge in [-0.15, -0.1) is 11.6 Å². The van der Waals surface area contributed by atoms with Gasteiger partial charge in [0.15, 0.2) is 11.5 Å². The summed E-state index contributed by atoms with van der Waals surface area (Å²) < 4.78 is 24.2. The summed E-state index contributed by atoms with van der Waals surface area (Å²) in [6, 6.07) is 13.4. The van der Waals surface area contributed by atoms with Crippen LogP contribution in [-0.2, 0) is 15.4 Å². The van der Waals surface area contributed by atoms with Crippen LogP contribution in [0.3, 0.4) is 0 Å². The van der Waals surface area contributed by atoms with E-state index in [1.54, 1.807) is 48.3 Å². The molecule has 1 aromatic heterocycles. The summed E-state index contributed by atoms with van der Waals surface area (Å²) in [6.45, 7) is 10.1. The van der Waals surface area contributed by atoms with Crippen molar-refractivity contribution in [3.8, 4) is 17.2 Å². The number of hydrogen-bond acceptors (Lipinski definition) is 6. The molecule has 0 aliphatic carbocycles. The third-order valence-corrected chi connectivity index (χ3v) is 7.79. The van der Waals surface area contributed by atoms with Crippen LogP contribution in [0.5, 0.6) is 11.5 Å². The number of halogens is 2. The molecule has 0 saturated heterocycles. The van der Waals surface area contributed by atoms with Gasteiger partial charge in [0.2, 0.25) is 0 Å². The number of alkyl halides is 1. The molecule has 1 amide bonds. The first kappa shape index (κ1) is 30.0. The number of methoxy groups -OCH3 is 1. The lowest BCUT2D eigenvalue weighted by Crippen LogP contribution is -2.23. The minimum atomic E-state index is -1.12. The quantitative estimate of drug-likeness (QED) is 0.0999. The van der Waals surface area contributed by atoms with Gasteiger partial charge in [0.1, 0.15) is 13.4 Å². The lowest BCUT2D eigenvalue weighted by molar-refractivity contribution is -0.0904. The molecule has 0 bridgehead atoms. The minimum Gasteiger partial charge on any atom is -0.493 e. The molecule has 3 rings (SSSR count). The van der Waals surface area contributed by atoms with Crippen LogP contribution in [0, 0.1) is 0 Å². The Labute approximate surface area is 235 Å². The van der Waals surface area contributed by atoms with Crippen LogP contribution in [0.25, 0.3) is 5.69 Å². The third-order valence-electron chi connectivity index (χ3n) is 5.58. The Bertz CT molecular complexity index is 1200. The topological polar surface area (TPSA) is 83.8 Å². The normalized spacial score (nSPS) is 12.3. The first-order valence-corrected chi connectivity index (χ1v) is 16.9. The van der Waals surface area contributed by atoms with Gasteiger partial charge < -0.3 is 24.3 Å². The SMILES string of the molecule is COc1cc(NC(=O)c2cn(-c3ccc(Cl)cc3)nc2CCl)ccc1OCC(C)OCOCC[Si](C)(C)C. The molecular formula is C27H35Cl2N3O5Si. The van der Waals surface area contributed by atoms with Crippen molar-refractivity contribution in [3.05, 3.63) is 64.9 Å². The Kier molecular flexibility index (Phi) is 11.0. The second kappa shape index (κ2) is 14.0. The number of nitrogens with one attached hydrogen (secondary N) is 1. The van der Waals surface area contributed by atoms with Crippen molar-refractivity contribution in [1.29, 1.82) is 0 Å². The van der Waals surface area contributed by atoms with E-state index in [2.05, 4.69) is 30.1 Å². The Morgan fingerprint density at radius 1 is 1.13 bits per heavy atom. The van der Waals surface area contributed by atoms with E-state index in [4.69, 9.17) is 42.1 Å². The van der Waals surface area contributed by atoms with Gasteiger partial charge in [-0.3, -0.25) is 4.79 Å². The summed E-state index contributed by atoms with van der Waals surface area (Å²) in [5, 5.41) is 7.93. The molecule has 2 aromatic carbocycles. The molecule has 206 valence electrons. The maximum atomic E-state index is 13.1. The molecule has 3 aromatic rings. The van der Waals surface area contributed by atoms with Gasteiger partial charge in [-0.05, 0) is 49.4 Å². The van der Waals surface area contributed by atoms with E-state index in [0.717, 1.165) is 11.7 Å². The summed E-state index contributed by atoms with van der Waals surface area (Å²) in [5.74, 6) is 0.768. The molecule has 1 atom stereocenters. The highest BCUT2D eigenvalue weighted by molar-refractivity contribution is 6.76. The first-order valence-electron chi connectivity index (χ1n) is 12.3. The second-order valence-electron chi connectivity index (χ2n) is 9.99. The molecule has 1 heterocycles. The zero-order valence-corrected chi connectivity index (χ0v) is 24.9. The fourth-order valence-corrected chi connectivity index (χ4v) is 4.42. The molecule has 11 heteroatoms. The molecule has 0 fully saturated rings. The highest BCUT2D eigenvalue weighted by Gasteiger charge is 2.18. The molecular weight excluding hydrogens is 545 g/mol. The summed E-state index contributed by atoms with van der Waals surface area (Å²) in [7, 11) is 0.426. The van der Waals surface area contributed by atoms with Crippen LogP contribution in [0.4, 0.5) is 5.69 Å². The number of rotatable bonds is 14. The lowest BCUT2D eigenvalue weighted by atomic mass is 10.2. The number of ether oxygens (including phenoxy) is 4. The van der Waals surface area contributed by atoms with Gasteiger partial charge in [0.25, 0.3) is 5.91 Å². The Hall–Kier alpha value is -2.56. The summed E-state index contributed by atoms with van der Waals surface area (Å²) in [6.07, 6.45) is 1.47. The number of nitrogens with zero attached hydrogens (tertiary/aromatic N) is 2. The first-order chi connectivity index (χ1) is 18.1. The molecule has 1 N–H and O–H groups in total. The Morgan fingerprint density at radius 3 is 2.53 bits per heavy atom. The average Bonchev–Trinajstić information content (AvgIpc) is 3.32. The van der Waals surface area contributed by atoms with Gasteiger partial charge in [0.05, 0.1) is 36.0 Å². The Morgan fingerprint density at radius 2 is 1.87 bits per heavy atom. The van der Waals surface area contributed by atoms with Gasteiger partial charge in [-0.1, -0.05) is 31.2 Å². The number of anilines is 1. The van der Waals surface area contributed by atoms with E-state index in [-0.39, 0.29) is 24.7 Å². The van der Waals surface area contributed by atoms with Gasteiger partial charge in [-0.25, -0.2) is 4.68 Å². The molecule has 8 nitrogen and oxygen atoms in total. The van der Waals surface area contributed by atoms with Crippen molar-refractivity contribution in [1.82, 2.24) is 9.78 Å². The van der Waals surface area contributed by atoms with E-state index >= 15 is 0 Å². The van der Waals surface area contributed by atoms with E-state index in [1.165, 1.54) is 0 Å². The molecule has 0 aliphatic rings. The molecule has 0 saturated carbocycles. The number of carbonyl (C=O) groups is 1. The number of aromatic nitrogens is 2. The van der Waals surface area contributed by atoms with Crippen LogP contribution in [0.2, 0.25) is 30.7 Å². The Balaban J connectivity index is 1.58. The number of carbonyl (C=O) groups excluding carboxylic acids is 1. The molecule has 0 spiro atoms. The smallest absolute Gasteiger partial charge is 0.259 e. The number of hydrogen-bond donors (Lipinski definition) is 1. The summed E-state index contributed by atoms with van der Waals surface area (Å²) >= 11 is 12.0. The third kappa shape index (κ3) is 9.02. The number of amides is 1. The van der Waals surface area contributed by atoms with Crippen LogP contribution < -0.4 is 14.8 Å². The van der Waals surface area contributed by atoms with E-state index < -0.39 is 8.07 Å². The maximum Gasteiger partial charge on any atom is 0.259 e. The monoisotopic (exact) mass is 579 g/mol. The minimum absolute atomic E-state index is 0.0864. The lowest BCUT2D eigenvalue weighted by Gasteiger charge is -2.18. The fraction of sp³-hybridized carbons (Fsp3) is 0.407. The van der Waals surface area contributed by atoms with Crippen molar-refractivity contribution >= 4 is 42.9 Å². The molecule has 0 aliphatic heterocycles. The predicted octanol–water partition coefficient (Wildman–Crippen LogP) is 6.62. The van der Waals surface area contributed by atoms with Crippen molar-refractivity contribution in [3.63, 3.8) is 0 Å². The van der Waals surface area contributed by atoms with Crippen molar-refractivity contribution in [2.45, 2.75) is 44.6 Å². The van der Waals surface area contributed by atoms with E-state index in [0.29, 0.717) is 46.7 Å². The largest absolute Gasteiger partial charge is 0.493 e. The molecule has 1 unspecified atom stereocenters. The van der Waals surface area contributed by atoms with Gasteiger partial charge in [0, 0.05) is 37.7 Å². The summed E-state index contributed by atoms with van der Waals surface area (Å²) in [5.41, 5.74) is 2.13. The van der Waals surface area contributed by atoms with Crippen LogP contribution in [0.15, 0.2) is 48.7 Å². The van der Waals surface area contributed by atoms with Crippen molar-refractivity contribution in [2.75, 3.05) is 32.4 Å². The predicted molar refractivity (Wildman–Crippen MR) is 154 cm³/mol. The average molecular weight is 581 g/mol. The van der Waals surface area contributed by atoms with Crippen LogP contribution >= 0.6 is 23.2 Å². The van der Waals surface area contributed by atoms with E-state index in [1.807, 2.05) is 19.1 Å². The summed E-state index contributed by atoms with van der Waals surface area (Å²) in [4.78, 5) is 13.1. The zero-order chi connectivity index (χ0) is 27.7. The number of benzene rings is 2. The van der Waals surface area contributed by atoms with Crippen LogP contribution in [-0.4, -0.2) is 57.0 Å². The molecule has 0 radical (unpaired) electrons. The standard InChI is InChI=1S/C27H35Cl2N3O5Si/c1-19(37-18-35-12-13-38(3,4)5)17-36-25-11-8-21(14-26(25)34-2)30-27(33)23-16-32(31-24(23)15-28)22-9-6-20(29)7-10-22/h6-11,14,16,19H,12-13,15,17-18H2,1-5H3,(H,30,33). The highest BCUT2D eigenvalue weighted by atomic mass is 35.5. The fourth-order valence-electron chi connectivity index (χ4n) is 3.34. The van der Waals surface area contributed by atoms with Crippen LogP contribution in [0.1, 0.15) is 23.0 Å². The van der Waals surface area contributed by atoms with Gasteiger partial charge >= 0.3 is 0 Å². The van der Waals surface area contributed by atoms with Crippen molar-refractivity contribution < 1.29 is 23.7 Å². The maximum absolute atomic E-state index is 13.1.